The van der Waals surface area contributed by atoms with Crippen LogP contribution in [0.25, 0.3) is 0 Å². The van der Waals surface area contributed by atoms with Gasteiger partial charge in [-0.15, -0.1) is 0 Å². The number of rotatable bonds is 5. The van der Waals surface area contributed by atoms with Crippen LogP contribution in [0, 0.1) is 0 Å². The van der Waals surface area contributed by atoms with Crippen molar-refractivity contribution in [3.05, 3.63) is 47.3 Å². The standard InChI is InChI=1S/C16H21N3/c1-3-15-16(11-19(2)18-15)17-10-12-5-4-6-14(9-12)13-7-8-13/h4-6,9,11,13,17H,3,7-8,10H2,1-2H3. The van der Waals surface area contributed by atoms with E-state index >= 15 is 0 Å². The molecule has 3 rings (SSSR count). The van der Waals surface area contributed by atoms with Crippen molar-refractivity contribution in [1.82, 2.24) is 9.78 Å². The number of aryl methyl sites for hydroxylation is 2. The smallest absolute Gasteiger partial charge is 0.0853 e. The molecule has 0 radical (unpaired) electrons. The molecule has 0 aliphatic heterocycles. The van der Waals surface area contributed by atoms with Crippen LogP contribution in [0.2, 0.25) is 0 Å². The lowest BCUT2D eigenvalue weighted by atomic mass is 10.1. The molecule has 1 aromatic heterocycles. The first kappa shape index (κ1) is 12.3. The van der Waals surface area contributed by atoms with Crippen molar-refractivity contribution in [3.63, 3.8) is 0 Å². The highest BCUT2D eigenvalue weighted by Gasteiger charge is 2.23. The molecule has 19 heavy (non-hydrogen) atoms. The molecule has 3 nitrogen and oxygen atoms in total. The van der Waals surface area contributed by atoms with Crippen molar-refractivity contribution < 1.29 is 0 Å². The Kier molecular flexibility index (Phi) is 3.28. The average molecular weight is 255 g/mol. The fraction of sp³-hybridized carbons (Fsp3) is 0.438. The first-order valence-electron chi connectivity index (χ1n) is 7.11. The van der Waals surface area contributed by atoms with E-state index in [1.165, 1.54) is 24.0 Å². The maximum absolute atomic E-state index is 4.45. The van der Waals surface area contributed by atoms with Crippen molar-refractivity contribution in [2.24, 2.45) is 7.05 Å². The van der Waals surface area contributed by atoms with Crippen LogP contribution in [0.5, 0.6) is 0 Å². The summed E-state index contributed by atoms with van der Waals surface area (Å²) < 4.78 is 1.88. The Balaban J connectivity index is 1.69. The second-order valence-corrected chi connectivity index (χ2v) is 5.39. The summed E-state index contributed by atoms with van der Waals surface area (Å²) in [6.07, 6.45) is 5.74. The van der Waals surface area contributed by atoms with Crippen molar-refractivity contribution in [2.75, 3.05) is 5.32 Å². The summed E-state index contributed by atoms with van der Waals surface area (Å²) in [5.74, 6) is 0.824. The summed E-state index contributed by atoms with van der Waals surface area (Å²) in [6.45, 7) is 3.01. The number of benzene rings is 1. The van der Waals surface area contributed by atoms with Gasteiger partial charge in [0.25, 0.3) is 0 Å². The van der Waals surface area contributed by atoms with Gasteiger partial charge in [-0.05, 0) is 36.3 Å². The zero-order chi connectivity index (χ0) is 13.2. The van der Waals surface area contributed by atoms with Gasteiger partial charge in [0.2, 0.25) is 0 Å². The van der Waals surface area contributed by atoms with Gasteiger partial charge in [-0.2, -0.15) is 5.10 Å². The SMILES string of the molecule is CCc1nn(C)cc1NCc1cccc(C2CC2)c1. The van der Waals surface area contributed by atoms with Gasteiger partial charge in [0, 0.05) is 19.8 Å². The zero-order valence-corrected chi connectivity index (χ0v) is 11.7. The molecule has 1 aliphatic rings. The third kappa shape index (κ3) is 2.80. The Labute approximate surface area is 114 Å². The lowest BCUT2D eigenvalue weighted by molar-refractivity contribution is 0.746. The molecule has 0 bridgehead atoms. The molecule has 1 N–H and O–H groups in total. The molecule has 2 aromatic rings. The zero-order valence-electron chi connectivity index (χ0n) is 11.7. The van der Waals surface area contributed by atoms with Gasteiger partial charge in [0.1, 0.15) is 0 Å². The molecule has 0 unspecified atom stereocenters. The van der Waals surface area contributed by atoms with Gasteiger partial charge in [-0.1, -0.05) is 31.2 Å². The number of anilines is 1. The van der Waals surface area contributed by atoms with Crippen LogP contribution < -0.4 is 5.32 Å². The summed E-state index contributed by atoms with van der Waals surface area (Å²) in [7, 11) is 1.97. The fourth-order valence-corrected chi connectivity index (χ4v) is 2.51. The highest BCUT2D eigenvalue weighted by molar-refractivity contribution is 5.47. The number of aromatic nitrogens is 2. The molecule has 100 valence electrons. The van der Waals surface area contributed by atoms with E-state index in [0.29, 0.717) is 0 Å². The Morgan fingerprint density at radius 3 is 2.95 bits per heavy atom. The molecule has 1 aliphatic carbocycles. The molecule has 1 heterocycles. The van der Waals surface area contributed by atoms with E-state index < -0.39 is 0 Å². The largest absolute Gasteiger partial charge is 0.378 e. The van der Waals surface area contributed by atoms with Gasteiger partial charge >= 0.3 is 0 Å². The molecular formula is C16H21N3. The van der Waals surface area contributed by atoms with Crippen molar-refractivity contribution in [2.45, 2.75) is 38.6 Å². The fourth-order valence-electron chi connectivity index (χ4n) is 2.51. The number of nitrogens with zero attached hydrogens (tertiary/aromatic N) is 2. The minimum Gasteiger partial charge on any atom is -0.378 e. The Bertz CT molecular complexity index is 567. The third-order valence-electron chi connectivity index (χ3n) is 3.72. The topological polar surface area (TPSA) is 29.9 Å². The average Bonchev–Trinajstić information content (AvgIpc) is 3.21. The van der Waals surface area contributed by atoms with E-state index in [4.69, 9.17) is 0 Å². The highest BCUT2D eigenvalue weighted by Crippen LogP contribution is 2.40. The Morgan fingerprint density at radius 1 is 1.37 bits per heavy atom. The first-order chi connectivity index (χ1) is 9.26. The lowest BCUT2D eigenvalue weighted by Gasteiger charge is -2.07. The second-order valence-electron chi connectivity index (χ2n) is 5.39. The van der Waals surface area contributed by atoms with Crippen LogP contribution in [0.1, 0.15) is 42.5 Å². The van der Waals surface area contributed by atoms with Gasteiger partial charge < -0.3 is 5.32 Å². The molecular weight excluding hydrogens is 234 g/mol. The molecule has 3 heteroatoms. The normalized spacial score (nSPS) is 14.6. The molecule has 1 saturated carbocycles. The summed E-state index contributed by atoms with van der Waals surface area (Å²) in [5, 5.41) is 7.96. The van der Waals surface area contributed by atoms with Gasteiger partial charge in [0.05, 0.1) is 11.4 Å². The van der Waals surface area contributed by atoms with E-state index in [0.717, 1.165) is 30.3 Å². The van der Waals surface area contributed by atoms with Crippen molar-refractivity contribution in [3.8, 4) is 0 Å². The third-order valence-corrected chi connectivity index (χ3v) is 3.72. The second kappa shape index (κ2) is 5.08. The summed E-state index contributed by atoms with van der Waals surface area (Å²) in [6, 6.07) is 8.96. The van der Waals surface area contributed by atoms with Gasteiger partial charge in [0.15, 0.2) is 0 Å². The number of hydrogen-bond donors (Lipinski definition) is 1. The van der Waals surface area contributed by atoms with Crippen molar-refractivity contribution in [1.29, 1.82) is 0 Å². The first-order valence-corrected chi connectivity index (χ1v) is 7.11. The lowest BCUT2D eigenvalue weighted by Crippen LogP contribution is -2.01. The molecule has 1 fully saturated rings. The van der Waals surface area contributed by atoms with E-state index in [2.05, 4.69) is 47.8 Å². The minimum absolute atomic E-state index is 0.824. The van der Waals surface area contributed by atoms with E-state index in [-0.39, 0.29) is 0 Å². The number of hydrogen-bond acceptors (Lipinski definition) is 2. The Hall–Kier alpha value is -1.77. The summed E-state index contributed by atoms with van der Waals surface area (Å²) in [4.78, 5) is 0. The summed E-state index contributed by atoms with van der Waals surface area (Å²) in [5.41, 5.74) is 5.15. The van der Waals surface area contributed by atoms with Gasteiger partial charge in [-0.25, -0.2) is 0 Å². The van der Waals surface area contributed by atoms with Gasteiger partial charge in [-0.3, -0.25) is 4.68 Å². The van der Waals surface area contributed by atoms with Crippen LogP contribution >= 0.6 is 0 Å². The molecule has 0 saturated heterocycles. The maximum atomic E-state index is 4.45. The van der Waals surface area contributed by atoms with Crippen LogP contribution in [0.4, 0.5) is 5.69 Å². The molecule has 0 spiro atoms. The predicted molar refractivity (Wildman–Crippen MR) is 78.3 cm³/mol. The van der Waals surface area contributed by atoms with Crippen LogP contribution in [-0.4, -0.2) is 9.78 Å². The van der Waals surface area contributed by atoms with E-state index in [1.807, 2.05) is 11.7 Å². The van der Waals surface area contributed by atoms with E-state index in [1.54, 1.807) is 0 Å². The Morgan fingerprint density at radius 2 is 2.21 bits per heavy atom. The summed E-state index contributed by atoms with van der Waals surface area (Å²) >= 11 is 0. The molecule has 0 amide bonds. The minimum atomic E-state index is 0.824. The predicted octanol–water partition coefficient (Wildman–Crippen LogP) is 3.47. The highest BCUT2D eigenvalue weighted by atomic mass is 15.3. The molecule has 0 atom stereocenters. The van der Waals surface area contributed by atoms with Crippen LogP contribution in [0.15, 0.2) is 30.5 Å². The van der Waals surface area contributed by atoms with Crippen LogP contribution in [0.3, 0.4) is 0 Å². The number of nitrogens with one attached hydrogen (secondary N) is 1. The monoisotopic (exact) mass is 255 g/mol. The maximum Gasteiger partial charge on any atom is 0.0853 e. The van der Waals surface area contributed by atoms with Crippen molar-refractivity contribution >= 4 is 5.69 Å². The van der Waals surface area contributed by atoms with Crippen LogP contribution in [-0.2, 0) is 20.0 Å². The molecule has 1 aromatic carbocycles. The van der Waals surface area contributed by atoms with E-state index in [9.17, 15) is 0 Å². The quantitative estimate of drug-likeness (QED) is 0.886.